The molecular weight excluding hydrogens is 164 g/mol. The molecule has 1 aliphatic heterocycles. The second-order valence-electron chi connectivity index (χ2n) is 5.01. The van der Waals surface area contributed by atoms with Gasteiger partial charge in [-0.15, -0.1) is 0 Å². The monoisotopic (exact) mass is 186 g/mol. The van der Waals surface area contributed by atoms with Crippen molar-refractivity contribution >= 4 is 0 Å². The maximum Gasteiger partial charge on any atom is 0.0475 e. The summed E-state index contributed by atoms with van der Waals surface area (Å²) in [5.74, 6) is 0.855. The number of aliphatic hydroxyl groups excluding tert-OH is 1. The van der Waals surface area contributed by atoms with Gasteiger partial charge in [0.05, 0.1) is 0 Å². The number of likely N-dealkylation sites (tertiary alicyclic amines) is 1. The van der Waals surface area contributed by atoms with Crippen molar-refractivity contribution in [3.05, 3.63) is 0 Å². The molecule has 0 aromatic carbocycles. The lowest BCUT2D eigenvalue weighted by Crippen LogP contribution is -2.40. The molecule has 3 nitrogen and oxygen atoms in total. The van der Waals surface area contributed by atoms with E-state index in [1.807, 2.05) is 0 Å². The first kappa shape index (κ1) is 11.0. The van der Waals surface area contributed by atoms with Gasteiger partial charge in [-0.2, -0.15) is 0 Å². The highest BCUT2D eigenvalue weighted by atomic mass is 16.3. The number of rotatable bonds is 2. The molecule has 0 radical (unpaired) electrons. The summed E-state index contributed by atoms with van der Waals surface area (Å²) in [4.78, 5) is 2.41. The molecule has 3 N–H and O–H groups in total. The second kappa shape index (κ2) is 3.95. The van der Waals surface area contributed by atoms with E-state index < -0.39 is 0 Å². The van der Waals surface area contributed by atoms with E-state index in [0.717, 1.165) is 13.1 Å². The number of hydrogen-bond acceptors (Lipinski definition) is 3. The lowest BCUT2D eigenvalue weighted by Gasteiger charge is -2.31. The third kappa shape index (κ3) is 2.42. The van der Waals surface area contributed by atoms with Crippen molar-refractivity contribution in [1.82, 2.24) is 4.90 Å². The lowest BCUT2D eigenvalue weighted by molar-refractivity contribution is 0.154. The third-order valence-electron chi connectivity index (χ3n) is 3.06. The molecule has 13 heavy (non-hydrogen) atoms. The molecule has 1 saturated heterocycles. The molecular formula is C10H22N2O. The standard InChI is InChI=1S/C10H22N2O/c1-10(2,3)12-5-8(4-11)9(6-12)7-13/h8-9,13H,4-7,11H2,1-3H3. The van der Waals surface area contributed by atoms with Crippen molar-refractivity contribution in [2.75, 3.05) is 26.2 Å². The summed E-state index contributed by atoms with van der Waals surface area (Å²) >= 11 is 0. The topological polar surface area (TPSA) is 49.5 Å². The average Bonchev–Trinajstić information content (AvgIpc) is 2.45. The van der Waals surface area contributed by atoms with Crippen LogP contribution in [0.2, 0.25) is 0 Å². The van der Waals surface area contributed by atoms with E-state index in [1.165, 1.54) is 0 Å². The van der Waals surface area contributed by atoms with Gasteiger partial charge in [0.2, 0.25) is 0 Å². The fourth-order valence-electron chi connectivity index (χ4n) is 1.96. The van der Waals surface area contributed by atoms with Gasteiger partial charge in [-0.25, -0.2) is 0 Å². The van der Waals surface area contributed by atoms with Gasteiger partial charge in [-0.1, -0.05) is 0 Å². The van der Waals surface area contributed by atoms with Crippen LogP contribution >= 0.6 is 0 Å². The maximum absolute atomic E-state index is 9.17. The van der Waals surface area contributed by atoms with Gasteiger partial charge in [-0.3, -0.25) is 4.90 Å². The summed E-state index contributed by atoms with van der Waals surface area (Å²) < 4.78 is 0. The van der Waals surface area contributed by atoms with Crippen LogP contribution in [0.5, 0.6) is 0 Å². The number of nitrogens with zero attached hydrogens (tertiary/aromatic N) is 1. The van der Waals surface area contributed by atoms with E-state index in [9.17, 15) is 0 Å². The van der Waals surface area contributed by atoms with E-state index in [-0.39, 0.29) is 12.1 Å². The quantitative estimate of drug-likeness (QED) is 0.651. The SMILES string of the molecule is CC(C)(C)N1CC(CN)C(CO)C1. The van der Waals surface area contributed by atoms with Crippen molar-refractivity contribution in [1.29, 1.82) is 0 Å². The van der Waals surface area contributed by atoms with Crippen molar-refractivity contribution in [2.24, 2.45) is 17.6 Å². The molecule has 0 aromatic rings. The Balaban J connectivity index is 2.58. The number of nitrogens with two attached hydrogens (primary N) is 1. The molecule has 2 unspecified atom stereocenters. The Morgan fingerprint density at radius 3 is 2.15 bits per heavy atom. The summed E-state index contributed by atoms with van der Waals surface area (Å²) in [5.41, 5.74) is 5.87. The number of hydrogen-bond donors (Lipinski definition) is 2. The maximum atomic E-state index is 9.17. The van der Waals surface area contributed by atoms with E-state index >= 15 is 0 Å². The van der Waals surface area contributed by atoms with Crippen molar-refractivity contribution < 1.29 is 5.11 Å². The first-order chi connectivity index (χ1) is 5.99. The molecule has 0 bridgehead atoms. The minimum absolute atomic E-state index is 0.206. The third-order valence-corrected chi connectivity index (χ3v) is 3.06. The first-order valence-electron chi connectivity index (χ1n) is 5.05. The van der Waals surface area contributed by atoms with Crippen molar-refractivity contribution in [2.45, 2.75) is 26.3 Å². The summed E-state index contributed by atoms with van der Waals surface area (Å²) in [7, 11) is 0. The van der Waals surface area contributed by atoms with E-state index in [1.54, 1.807) is 0 Å². The van der Waals surface area contributed by atoms with Crippen molar-refractivity contribution in [3.63, 3.8) is 0 Å². The Hall–Kier alpha value is -0.120. The van der Waals surface area contributed by atoms with Crippen LogP contribution in [-0.2, 0) is 0 Å². The molecule has 1 heterocycles. The van der Waals surface area contributed by atoms with Gasteiger partial charge in [-0.05, 0) is 39.2 Å². The molecule has 1 rings (SSSR count). The van der Waals surface area contributed by atoms with Crippen LogP contribution in [0, 0.1) is 11.8 Å². The molecule has 0 aromatic heterocycles. The summed E-state index contributed by atoms with van der Waals surface area (Å²) in [6.45, 7) is 9.61. The van der Waals surface area contributed by atoms with Crippen LogP contribution < -0.4 is 5.73 Å². The Labute approximate surface area is 80.9 Å². The highest BCUT2D eigenvalue weighted by Crippen LogP contribution is 2.28. The lowest BCUT2D eigenvalue weighted by atomic mass is 9.97. The largest absolute Gasteiger partial charge is 0.396 e. The van der Waals surface area contributed by atoms with Crippen LogP contribution in [-0.4, -0.2) is 41.8 Å². The molecule has 78 valence electrons. The van der Waals surface area contributed by atoms with Gasteiger partial charge < -0.3 is 10.8 Å². The normalized spacial score (nSPS) is 31.2. The molecule has 1 aliphatic rings. The zero-order valence-corrected chi connectivity index (χ0v) is 8.95. The van der Waals surface area contributed by atoms with Crippen LogP contribution in [0.1, 0.15) is 20.8 Å². The van der Waals surface area contributed by atoms with Crippen LogP contribution in [0.25, 0.3) is 0 Å². The fourth-order valence-corrected chi connectivity index (χ4v) is 1.96. The van der Waals surface area contributed by atoms with Crippen molar-refractivity contribution in [3.8, 4) is 0 Å². The smallest absolute Gasteiger partial charge is 0.0475 e. The van der Waals surface area contributed by atoms with E-state index in [4.69, 9.17) is 10.8 Å². The fraction of sp³-hybridized carbons (Fsp3) is 1.00. The highest BCUT2D eigenvalue weighted by molar-refractivity contribution is 4.90. The summed E-state index contributed by atoms with van der Waals surface area (Å²) in [6, 6.07) is 0. The van der Waals surface area contributed by atoms with Gasteiger partial charge in [0.25, 0.3) is 0 Å². The Kier molecular flexibility index (Phi) is 3.33. The summed E-state index contributed by atoms with van der Waals surface area (Å²) in [6.07, 6.45) is 0. The number of aliphatic hydroxyl groups is 1. The Morgan fingerprint density at radius 1 is 1.31 bits per heavy atom. The molecule has 1 fully saturated rings. The first-order valence-corrected chi connectivity index (χ1v) is 5.05. The predicted octanol–water partition coefficient (Wildman–Crippen LogP) is 0.284. The summed E-state index contributed by atoms with van der Waals surface area (Å²) in [5, 5.41) is 9.17. The van der Waals surface area contributed by atoms with Gasteiger partial charge in [0, 0.05) is 25.2 Å². The molecule has 3 heteroatoms. The Morgan fingerprint density at radius 2 is 1.85 bits per heavy atom. The molecule has 0 aliphatic carbocycles. The molecule has 0 spiro atoms. The van der Waals surface area contributed by atoms with E-state index in [2.05, 4.69) is 25.7 Å². The van der Waals surface area contributed by atoms with Gasteiger partial charge in [0.1, 0.15) is 0 Å². The molecule has 0 saturated carbocycles. The second-order valence-corrected chi connectivity index (χ2v) is 5.01. The Bertz CT molecular complexity index is 153. The predicted molar refractivity (Wildman–Crippen MR) is 54.4 cm³/mol. The zero-order valence-electron chi connectivity index (χ0n) is 8.95. The highest BCUT2D eigenvalue weighted by Gasteiger charge is 2.36. The van der Waals surface area contributed by atoms with E-state index in [0.29, 0.717) is 18.4 Å². The van der Waals surface area contributed by atoms with Crippen LogP contribution in [0.3, 0.4) is 0 Å². The van der Waals surface area contributed by atoms with Gasteiger partial charge in [0.15, 0.2) is 0 Å². The zero-order chi connectivity index (χ0) is 10.1. The average molecular weight is 186 g/mol. The van der Waals surface area contributed by atoms with Crippen LogP contribution in [0.4, 0.5) is 0 Å². The van der Waals surface area contributed by atoms with Crippen LogP contribution in [0.15, 0.2) is 0 Å². The van der Waals surface area contributed by atoms with Gasteiger partial charge >= 0.3 is 0 Å². The minimum Gasteiger partial charge on any atom is -0.396 e. The molecule has 2 atom stereocenters. The molecule has 0 amide bonds. The minimum atomic E-state index is 0.206.